The second kappa shape index (κ2) is 8.10. The summed E-state index contributed by atoms with van der Waals surface area (Å²) in [5.41, 5.74) is 1.49. The second-order valence-corrected chi connectivity index (χ2v) is 6.03. The Bertz CT molecular complexity index is 276. The molecule has 0 aliphatic carbocycles. The van der Waals surface area contributed by atoms with Crippen LogP contribution < -0.4 is 0 Å². The van der Waals surface area contributed by atoms with Gasteiger partial charge in [0.25, 0.3) is 0 Å². The summed E-state index contributed by atoms with van der Waals surface area (Å²) in [4.78, 5) is 0. The van der Waals surface area contributed by atoms with Gasteiger partial charge in [-0.3, -0.25) is 0 Å². The van der Waals surface area contributed by atoms with Crippen LogP contribution in [0.4, 0.5) is 0 Å². The summed E-state index contributed by atoms with van der Waals surface area (Å²) in [6.07, 6.45) is 8.17. The maximum absolute atomic E-state index is 2.38. The molecule has 16 heavy (non-hydrogen) atoms. The first-order valence-electron chi connectivity index (χ1n) is 6.46. The van der Waals surface area contributed by atoms with E-state index in [2.05, 4.69) is 60.7 Å². The summed E-state index contributed by atoms with van der Waals surface area (Å²) in [7, 11) is 0. The van der Waals surface area contributed by atoms with E-state index in [1.165, 1.54) is 47.7 Å². The predicted molar refractivity (Wildman–Crippen MR) is 80.8 cm³/mol. The van der Waals surface area contributed by atoms with Crippen LogP contribution in [0.15, 0.2) is 24.3 Å². The highest BCUT2D eigenvalue weighted by Gasteiger charge is 2.03. The molecule has 90 valence electrons. The van der Waals surface area contributed by atoms with Crippen molar-refractivity contribution in [1.29, 1.82) is 0 Å². The normalized spacial score (nSPS) is 12.7. The van der Waals surface area contributed by atoms with Crippen molar-refractivity contribution in [3.63, 3.8) is 0 Å². The summed E-state index contributed by atoms with van der Waals surface area (Å²) in [6.45, 7) is 4.65. The van der Waals surface area contributed by atoms with Crippen LogP contribution >= 0.6 is 22.6 Å². The number of hydrogen-bond donors (Lipinski definition) is 0. The highest BCUT2D eigenvalue weighted by molar-refractivity contribution is 14.1. The van der Waals surface area contributed by atoms with E-state index in [1.54, 1.807) is 0 Å². The van der Waals surface area contributed by atoms with E-state index in [4.69, 9.17) is 0 Å². The minimum Gasteiger partial charge on any atom is -0.0654 e. The van der Waals surface area contributed by atoms with Gasteiger partial charge in [-0.15, -0.1) is 0 Å². The fourth-order valence-electron chi connectivity index (χ4n) is 2.04. The van der Waals surface area contributed by atoms with Gasteiger partial charge in [0.1, 0.15) is 0 Å². The van der Waals surface area contributed by atoms with E-state index < -0.39 is 0 Å². The number of hydrogen-bond acceptors (Lipinski definition) is 0. The fraction of sp³-hybridized carbons (Fsp3) is 0.600. The Morgan fingerprint density at radius 3 is 2.38 bits per heavy atom. The van der Waals surface area contributed by atoms with Crippen LogP contribution in [0.2, 0.25) is 0 Å². The monoisotopic (exact) mass is 330 g/mol. The molecule has 0 aliphatic heterocycles. The molecule has 0 spiro atoms. The van der Waals surface area contributed by atoms with E-state index in [0.717, 1.165) is 5.92 Å². The van der Waals surface area contributed by atoms with Crippen molar-refractivity contribution in [3.8, 4) is 0 Å². The maximum atomic E-state index is 2.38. The third-order valence-corrected chi connectivity index (χ3v) is 3.77. The third-order valence-electron chi connectivity index (χ3n) is 3.05. The topological polar surface area (TPSA) is 0 Å². The van der Waals surface area contributed by atoms with E-state index in [1.807, 2.05) is 0 Å². The van der Waals surface area contributed by atoms with Gasteiger partial charge in [-0.25, -0.2) is 0 Å². The summed E-state index contributed by atoms with van der Waals surface area (Å²) >= 11 is 2.36. The molecule has 1 heteroatoms. The molecule has 0 bridgehead atoms. The summed E-state index contributed by atoms with van der Waals surface area (Å²) < 4.78 is 1.33. The molecule has 1 unspecified atom stereocenters. The van der Waals surface area contributed by atoms with Crippen LogP contribution in [-0.4, -0.2) is 0 Å². The second-order valence-electron chi connectivity index (χ2n) is 4.79. The van der Waals surface area contributed by atoms with Gasteiger partial charge in [0.15, 0.2) is 0 Å². The van der Waals surface area contributed by atoms with Crippen LogP contribution in [-0.2, 0) is 6.42 Å². The lowest BCUT2D eigenvalue weighted by molar-refractivity contribution is 0.487. The molecule has 0 fully saturated rings. The standard InChI is InChI=1S/C15H23I/c1-3-4-5-6-7-13(2)12-14-8-10-15(16)11-9-14/h8-11,13H,3-7,12H2,1-2H3. The Kier molecular flexibility index (Phi) is 7.10. The molecule has 0 radical (unpaired) electrons. The molecule has 0 aromatic heterocycles. The number of benzene rings is 1. The minimum absolute atomic E-state index is 0.830. The Morgan fingerprint density at radius 1 is 1.06 bits per heavy atom. The zero-order valence-corrected chi connectivity index (χ0v) is 12.7. The Balaban J connectivity index is 2.23. The molecule has 0 nitrogen and oxygen atoms in total. The number of unbranched alkanes of at least 4 members (excludes halogenated alkanes) is 3. The van der Waals surface area contributed by atoms with E-state index >= 15 is 0 Å². The van der Waals surface area contributed by atoms with Gasteiger partial charge in [0.05, 0.1) is 0 Å². The minimum atomic E-state index is 0.830. The zero-order valence-electron chi connectivity index (χ0n) is 10.5. The molecule has 0 N–H and O–H groups in total. The van der Waals surface area contributed by atoms with Crippen LogP contribution in [0, 0.1) is 9.49 Å². The molecular formula is C15H23I. The van der Waals surface area contributed by atoms with Crippen LogP contribution in [0.3, 0.4) is 0 Å². The lowest BCUT2D eigenvalue weighted by Gasteiger charge is -2.11. The van der Waals surface area contributed by atoms with E-state index in [0.29, 0.717) is 0 Å². The lowest BCUT2D eigenvalue weighted by Crippen LogP contribution is -1.99. The zero-order chi connectivity index (χ0) is 11.8. The molecule has 1 atom stereocenters. The van der Waals surface area contributed by atoms with Gasteiger partial charge >= 0.3 is 0 Å². The van der Waals surface area contributed by atoms with E-state index in [9.17, 15) is 0 Å². The molecule has 0 saturated carbocycles. The number of halogens is 1. The van der Waals surface area contributed by atoms with Gasteiger partial charge < -0.3 is 0 Å². The van der Waals surface area contributed by atoms with Gasteiger partial charge in [0.2, 0.25) is 0 Å². The summed E-state index contributed by atoms with van der Waals surface area (Å²) in [5, 5.41) is 0. The Labute approximate surface area is 114 Å². The van der Waals surface area contributed by atoms with Crippen LogP contribution in [0.25, 0.3) is 0 Å². The summed E-state index contributed by atoms with van der Waals surface area (Å²) in [5.74, 6) is 0.830. The van der Waals surface area contributed by atoms with Gasteiger partial charge in [0, 0.05) is 3.57 Å². The summed E-state index contributed by atoms with van der Waals surface area (Å²) in [6, 6.07) is 8.95. The first kappa shape index (κ1) is 14.0. The van der Waals surface area contributed by atoms with Crippen molar-refractivity contribution in [1.82, 2.24) is 0 Å². The van der Waals surface area contributed by atoms with Gasteiger partial charge in [-0.05, 0) is 52.6 Å². The first-order valence-corrected chi connectivity index (χ1v) is 7.54. The van der Waals surface area contributed by atoms with Crippen molar-refractivity contribution in [2.45, 2.75) is 52.4 Å². The molecule has 1 rings (SSSR count). The van der Waals surface area contributed by atoms with Crippen molar-refractivity contribution < 1.29 is 0 Å². The molecule has 1 aromatic rings. The smallest absolute Gasteiger partial charge is 0.0130 e. The van der Waals surface area contributed by atoms with Crippen LogP contribution in [0.5, 0.6) is 0 Å². The van der Waals surface area contributed by atoms with Crippen LogP contribution in [0.1, 0.15) is 51.5 Å². The Morgan fingerprint density at radius 2 is 1.75 bits per heavy atom. The molecule has 0 saturated heterocycles. The number of rotatable bonds is 7. The SMILES string of the molecule is CCCCCCC(C)Cc1ccc(I)cc1. The maximum Gasteiger partial charge on any atom is 0.0130 e. The quantitative estimate of drug-likeness (QED) is 0.461. The lowest BCUT2D eigenvalue weighted by atomic mass is 9.95. The molecular weight excluding hydrogens is 307 g/mol. The average Bonchev–Trinajstić information content (AvgIpc) is 2.28. The van der Waals surface area contributed by atoms with Crippen molar-refractivity contribution in [3.05, 3.63) is 33.4 Å². The molecule has 0 heterocycles. The van der Waals surface area contributed by atoms with E-state index in [-0.39, 0.29) is 0 Å². The van der Waals surface area contributed by atoms with Gasteiger partial charge in [-0.1, -0.05) is 58.1 Å². The third kappa shape index (κ3) is 5.88. The highest BCUT2D eigenvalue weighted by Crippen LogP contribution is 2.16. The predicted octanol–water partition coefficient (Wildman–Crippen LogP) is 5.44. The largest absolute Gasteiger partial charge is 0.0654 e. The van der Waals surface area contributed by atoms with Crippen molar-refractivity contribution in [2.75, 3.05) is 0 Å². The highest BCUT2D eigenvalue weighted by atomic mass is 127. The molecule has 0 amide bonds. The fourth-order valence-corrected chi connectivity index (χ4v) is 2.40. The first-order chi connectivity index (χ1) is 7.72. The van der Waals surface area contributed by atoms with Crippen molar-refractivity contribution in [2.24, 2.45) is 5.92 Å². The average molecular weight is 330 g/mol. The molecule has 0 aliphatic rings. The van der Waals surface area contributed by atoms with Crippen molar-refractivity contribution >= 4 is 22.6 Å². The molecule has 1 aromatic carbocycles. The van der Waals surface area contributed by atoms with Gasteiger partial charge in [-0.2, -0.15) is 0 Å². The Hall–Kier alpha value is -0.0500.